The number of thiazole rings is 1. The molecular formula is C18H17Cl3N8O7S3. The zero-order chi connectivity index (χ0) is 28.5. The molecule has 2 aromatic rings. The summed E-state index contributed by atoms with van der Waals surface area (Å²) in [7, 11) is 1.65. The number of fused-ring (bicyclic) bond motifs is 1. The van der Waals surface area contributed by atoms with Gasteiger partial charge in [-0.25, -0.2) is 19.3 Å². The normalized spacial score (nSPS) is 19.7. The third-order valence-corrected chi connectivity index (χ3v) is 8.67. The van der Waals surface area contributed by atoms with Gasteiger partial charge < -0.3 is 20.3 Å². The van der Waals surface area contributed by atoms with Gasteiger partial charge in [0.2, 0.25) is 8.95 Å². The Kier molecular flexibility index (Phi) is 9.14. The lowest BCUT2D eigenvalue weighted by Crippen LogP contribution is -2.70. The SMILES string of the molecule is Cn1nnnc1SCC1=C(C(=O)O)N2C(=O)[C@@H](NC(=O)C(O)c3csc(NC(=O)OCC(Cl)(Cl)Cl)n3)[C@H]2SC1. The maximum Gasteiger partial charge on any atom is 0.413 e. The number of aliphatic hydroxyl groups is 1. The molecule has 15 nitrogen and oxygen atoms in total. The molecule has 1 fully saturated rings. The van der Waals surface area contributed by atoms with E-state index in [9.17, 15) is 29.4 Å². The van der Waals surface area contributed by atoms with Crippen molar-refractivity contribution < 1.29 is 34.1 Å². The number of thioether (sulfide) groups is 2. The Morgan fingerprint density at radius 1 is 1.36 bits per heavy atom. The molecule has 0 radical (unpaired) electrons. The molecule has 4 heterocycles. The molecule has 210 valence electrons. The summed E-state index contributed by atoms with van der Waals surface area (Å²) < 4.78 is 4.35. The second kappa shape index (κ2) is 12.0. The zero-order valence-electron chi connectivity index (χ0n) is 19.4. The highest BCUT2D eigenvalue weighted by Crippen LogP contribution is 2.41. The molecule has 0 saturated carbocycles. The Balaban J connectivity index is 1.36. The first kappa shape index (κ1) is 29.6. The van der Waals surface area contributed by atoms with Crippen molar-refractivity contribution in [2.45, 2.75) is 26.5 Å². The van der Waals surface area contributed by atoms with Gasteiger partial charge in [0.15, 0.2) is 11.2 Å². The molecule has 0 aromatic carbocycles. The van der Waals surface area contributed by atoms with Crippen LogP contribution in [0.2, 0.25) is 0 Å². The maximum atomic E-state index is 12.9. The zero-order valence-corrected chi connectivity index (χ0v) is 24.1. The van der Waals surface area contributed by atoms with E-state index in [1.807, 2.05) is 0 Å². The Labute approximate surface area is 246 Å². The molecule has 1 saturated heterocycles. The number of ether oxygens (including phenoxy) is 1. The fraction of sp³-hybridized carbons (Fsp3) is 0.444. The predicted molar refractivity (Wildman–Crippen MR) is 142 cm³/mol. The standard InChI is InChI=1S/C18H17Cl3N8O7S3/c1-28-16(25-26-27-28)39-3-6-2-37-13-8(12(32)29(13)9(6)14(33)34)23-11(31)10(30)7-4-38-15(22-7)24-17(35)36-5-18(19,20)21/h4,8,10,13,30H,2-3,5H2,1H3,(H,23,31)(H,33,34)(H,22,24,35)/t8-,10?,13-/m1/s1. The number of amides is 3. The van der Waals surface area contributed by atoms with Crippen molar-refractivity contribution in [2.75, 3.05) is 23.4 Å². The van der Waals surface area contributed by atoms with Crippen LogP contribution >= 0.6 is 69.7 Å². The number of anilines is 1. The molecule has 0 aliphatic carbocycles. The van der Waals surface area contributed by atoms with Gasteiger partial charge >= 0.3 is 12.1 Å². The number of nitrogens with zero attached hydrogens (tertiary/aromatic N) is 6. The van der Waals surface area contributed by atoms with Crippen molar-refractivity contribution in [3.63, 3.8) is 0 Å². The van der Waals surface area contributed by atoms with Gasteiger partial charge in [-0.2, -0.15) is 0 Å². The van der Waals surface area contributed by atoms with Gasteiger partial charge in [-0.1, -0.05) is 46.6 Å². The van der Waals surface area contributed by atoms with Crippen molar-refractivity contribution in [3.8, 4) is 0 Å². The smallest absolute Gasteiger partial charge is 0.413 e. The lowest BCUT2D eigenvalue weighted by Gasteiger charge is -2.49. The van der Waals surface area contributed by atoms with Crippen LogP contribution in [-0.4, -0.2) is 97.5 Å². The van der Waals surface area contributed by atoms with Crippen molar-refractivity contribution in [2.24, 2.45) is 7.05 Å². The second-order valence-electron chi connectivity index (χ2n) is 7.82. The van der Waals surface area contributed by atoms with Crippen LogP contribution in [0, 0.1) is 0 Å². The monoisotopic (exact) mass is 658 g/mol. The van der Waals surface area contributed by atoms with Crippen LogP contribution in [0.25, 0.3) is 0 Å². The predicted octanol–water partition coefficient (Wildman–Crippen LogP) is 1.15. The summed E-state index contributed by atoms with van der Waals surface area (Å²) in [6, 6.07) is -1.06. The molecule has 3 atom stereocenters. The van der Waals surface area contributed by atoms with Crippen molar-refractivity contribution in [1.29, 1.82) is 0 Å². The molecular weight excluding hydrogens is 643 g/mol. The van der Waals surface area contributed by atoms with Gasteiger partial charge in [0.1, 0.15) is 23.7 Å². The van der Waals surface area contributed by atoms with E-state index in [0.717, 1.165) is 16.2 Å². The van der Waals surface area contributed by atoms with Gasteiger partial charge in [0.25, 0.3) is 11.8 Å². The third kappa shape index (κ3) is 6.87. The number of halogens is 3. The molecule has 2 aliphatic rings. The number of β-lactam (4-membered cyclic amide) rings is 1. The molecule has 1 unspecified atom stereocenters. The number of aliphatic carboxylic acids is 1. The number of carbonyl (C=O) groups is 4. The molecule has 3 amide bonds. The molecule has 39 heavy (non-hydrogen) atoms. The summed E-state index contributed by atoms with van der Waals surface area (Å²) in [5.41, 5.74) is 0.247. The Hall–Kier alpha value is -2.35. The quantitative estimate of drug-likeness (QED) is 0.170. The first-order valence-corrected chi connectivity index (χ1v) is 14.6. The van der Waals surface area contributed by atoms with E-state index in [-0.39, 0.29) is 22.3 Å². The highest BCUT2D eigenvalue weighted by molar-refractivity contribution is 8.01. The van der Waals surface area contributed by atoms with Crippen LogP contribution < -0.4 is 10.6 Å². The molecule has 21 heteroatoms. The highest BCUT2D eigenvalue weighted by Gasteiger charge is 2.54. The number of hydrogen-bond acceptors (Lipinski definition) is 13. The topological polar surface area (TPSA) is 202 Å². The number of carbonyl (C=O) groups excluding carboxylic acids is 3. The summed E-state index contributed by atoms with van der Waals surface area (Å²) in [5, 5.41) is 37.2. The average Bonchev–Trinajstić information content (AvgIpc) is 3.51. The van der Waals surface area contributed by atoms with Crippen molar-refractivity contribution in [3.05, 3.63) is 22.3 Å². The fourth-order valence-corrected chi connectivity index (χ4v) is 6.61. The average molecular weight is 660 g/mol. The van der Waals surface area contributed by atoms with E-state index < -0.39 is 51.8 Å². The number of tetrazole rings is 1. The molecule has 0 spiro atoms. The number of alkyl halides is 3. The van der Waals surface area contributed by atoms with Gasteiger partial charge in [-0.05, 0) is 16.0 Å². The Morgan fingerprint density at radius 2 is 2.10 bits per heavy atom. The number of carboxylic acid groups (broad SMARTS) is 1. The van der Waals surface area contributed by atoms with Crippen LogP contribution in [0.5, 0.6) is 0 Å². The first-order valence-electron chi connectivity index (χ1n) is 10.5. The van der Waals surface area contributed by atoms with Crippen LogP contribution in [0.3, 0.4) is 0 Å². The molecule has 2 aliphatic heterocycles. The van der Waals surface area contributed by atoms with Gasteiger partial charge in [-0.15, -0.1) is 28.2 Å². The summed E-state index contributed by atoms with van der Waals surface area (Å²) in [6.45, 7) is -0.517. The molecule has 2 aromatic heterocycles. The van der Waals surface area contributed by atoms with Gasteiger partial charge in [0, 0.05) is 23.9 Å². The molecule has 0 bridgehead atoms. The van der Waals surface area contributed by atoms with Crippen molar-refractivity contribution in [1.82, 2.24) is 35.4 Å². The van der Waals surface area contributed by atoms with E-state index in [2.05, 4.69) is 31.1 Å². The number of rotatable bonds is 9. The summed E-state index contributed by atoms with van der Waals surface area (Å²) in [5.74, 6) is -2.31. The fourth-order valence-electron chi connectivity index (χ4n) is 3.40. The van der Waals surface area contributed by atoms with Crippen LogP contribution in [-0.2, 0) is 26.2 Å². The van der Waals surface area contributed by atoms with Crippen LogP contribution in [0.15, 0.2) is 21.8 Å². The number of aromatic nitrogens is 5. The minimum absolute atomic E-state index is 0.00126. The lowest BCUT2D eigenvalue weighted by atomic mass is 10.0. The minimum atomic E-state index is -1.80. The molecule has 4 N–H and O–H groups in total. The number of nitrogens with one attached hydrogen (secondary N) is 2. The van der Waals surface area contributed by atoms with Crippen molar-refractivity contribution >= 4 is 98.7 Å². The van der Waals surface area contributed by atoms with E-state index in [4.69, 9.17) is 39.5 Å². The number of carboxylic acids is 1. The van der Waals surface area contributed by atoms with Gasteiger partial charge in [-0.3, -0.25) is 19.8 Å². The van der Waals surface area contributed by atoms with Crippen LogP contribution in [0.1, 0.15) is 11.8 Å². The first-order chi connectivity index (χ1) is 18.4. The Morgan fingerprint density at radius 3 is 2.74 bits per heavy atom. The maximum absolute atomic E-state index is 12.9. The number of hydrogen-bond donors (Lipinski definition) is 4. The summed E-state index contributed by atoms with van der Waals surface area (Å²) >= 11 is 19.9. The Bertz CT molecular complexity index is 1330. The molecule has 4 rings (SSSR count). The van der Waals surface area contributed by atoms with E-state index in [1.54, 1.807) is 7.05 Å². The summed E-state index contributed by atoms with van der Waals surface area (Å²) in [6.07, 6.45) is -2.74. The van der Waals surface area contributed by atoms with E-state index >= 15 is 0 Å². The largest absolute Gasteiger partial charge is 0.477 e. The number of aryl methyl sites for hydroxylation is 1. The third-order valence-electron chi connectivity index (χ3n) is 5.13. The highest BCUT2D eigenvalue weighted by atomic mass is 35.6. The van der Waals surface area contributed by atoms with Gasteiger partial charge in [0.05, 0.1) is 5.69 Å². The minimum Gasteiger partial charge on any atom is -0.477 e. The van der Waals surface area contributed by atoms with Crippen LogP contribution in [0.4, 0.5) is 9.93 Å². The lowest BCUT2D eigenvalue weighted by molar-refractivity contribution is -0.151. The summed E-state index contributed by atoms with van der Waals surface area (Å²) in [4.78, 5) is 54.4. The van der Waals surface area contributed by atoms with E-state index in [0.29, 0.717) is 16.5 Å². The van der Waals surface area contributed by atoms with E-state index in [1.165, 1.54) is 33.6 Å². The second-order valence-corrected chi connectivity index (χ2v) is 13.2. The number of aliphatic hydroxyl groups excluding tert-OH is 1.